The highest BCUT2D eigenvalue weighted by Gasteiger charge is 2.57. The first-order valence-corrected chi connectivity index (χ1v) is 7.32. The van der Waals surface area contributed by atoms with E-state index in [0.29, 0.717) is 6.04 Å². The zero-order valence-corrected chi connectivity index (χ0v) is 12.1. The summed E-state index contributed by atoms with van der Waals surface area (Å²) in [6.07, 6.45) is 0.153. The molecule has 5 heteroatoms. The highest BCUT2D eigenvalue weighted by Crippen LogP contribution is 2.50. The molecule has 0 saturated carbocycles. The third-order valence-corrected chi connectivity index (χ3v) is 4.40. The number of non-ortho nitro benzene ring substituents is 1. The van der Waals surface area contributed by atoms with E-state index in [4.69, 9.17) is 4.99 Å². The van der Waals surface area contributed by atoms with Gasteiger partial charge in [0.1, 0.15) is 6.17 Å². The standard InChI is InChI=1S/C17H15N3O2/c1-11-18-15(12-5-3-2-4-6-12)17-16(19(11)17)13-7-9-14(10-8-13)20(21)22/h2-11,16-17H,1H3. The smallest absolute Gasteiger partial charge is 0.269 e. The highest BCUT2D eigenvalue weighted by atomic mass is 16.6. The Morgan fingerprint density at radius 1 is 1.05 bits per heavy atom. The molecule has 110 valence electrons. The number of hydrogen-bond donors (Lipinski definition) is 0. The minimum atomic E-state index is -0.364. The fourth-order valence-electron chi connectivity index (χ4n) is 3.35. The number of nitro benzene ring substituents is 1. The van der Waals surface area contributed by atoms with Crippen LogP contribution in [0, 0.1) is 10.1 Å². The quantitative estimate of drug-likeness (QED) is 0.496. The van der Waals surface area contributed by atoms with E-state index < -0.39 is 0 Å². The second kappa shape index (κ2) is 4.74. The molecular weight excluding hydrogens is 278 g/mol. The molecule has 2 aliphatic heterocycles. The van der Waals surface area contributed by atoms with Gasteiger partial charge in [-0.2, -0.15) is 0 Å². The molecule has 4 unspecified atom stereocenters. The summed E-state index contributed by atoms with van der Waals surface area (Å²) >= 11 is 0. The van der Waals surface area contributed by atoms with Gasteiger partial charge in [-0.1, -0.05) is 42.5 Å². The van der Waals surface area contributed by atoms with Gasteiger partial charge >= 0.3 is 0 Å². The van der Waals surface area contributed by atoms with Crippen molar-refractivity contribution in [3.05, 3.63) is 75.8 Å². The highest BCUT2D eigenvalue weighted by molar-refractivity contribution is 6.08. The first kappa shape index (κ1) is 13.2. The minimum absolute atomic E-state index is 0.134. The predicted octanol–water partition coefficient (Wildman–Crippen LogP) is 3.17. The average Bonchev–Trinajstić information content (AvgIpc) is 3.20. The molecule has 1 saturated heterocycles. The van der Waals surface area contributed by atoms with Crippen LogP contribution in [0.5, 0.6) is 0 Å². The van der Waals surface area contributed by atoms with Crippen LogP contribution in [0.3, 0.4) is 0 Å². The van der Waals surface area contributed by atoms with Gasteiger partial charge in [0.05, 0.1) is 22.7 Å². The van der Waals surface area contributed by atoms with E-state index in [9.17, 15) is 10.1 Å². The topological polar surface area (TPSA) is 58.5 Å². The maximum Gasteiger partial charge on any atom is 0.269 e. The molecule has 2 aromatic rings. The van der Waals surface area contributed by atoms with E-state index in [-0.39, 0.29) is 22.8 Å². The molecule has 0 radical (unpaired) electrons. The molecule has 0 aromatic heterocycles. The lowest BCUT2D eigenvalue weighted by Crippen LogP contribution is -2.09. The van der Waals surface area contributed by atoms with Crippen molar-refractivity contribution in [1.82, 2.24) is 4.90 Å². The molecule has 2 aromatic carbocycles. The number of rotatable bonds is 3. The van der Waals surface area contributed by atoms with Gasteiger partial charge in [0.25, 0.3) is 5.69 Å². The molecule has 22 heavy (non-hydrogen) atoms. The van der Waals surface area contributed by atoms with Crippen LogP contribution in [-0.4, -0.2) is 27.7 Å². The summed E-state index contributed by atoms with van der Waals surface area (Å²) in [7, 11) is 0. The van der Waals surface area contributed by atoms with Crippen molar-refractivity contribution in [2.24, 2.45) is 4.99 Å². The molecule has 4 rings (SSSR count). The van der Waals surface area contributed by atoms with Crippen molar-refractivity contribution in [2.45, 2.75) is 25.2 Å². The van der Waals surface area contributed by atoms with E-state index in [1.165, 1.54) is 0 Å². The van der Waals surface area contributed by atoms with Crippen molar-refractivity contribution in [3.63, 3.8) is 0 Å². The zero-order chi connectivity index (χ0) is 15.3. The molecule has 2 heterocycles. The molecule has 0 aliphatic carbocycles. The van der Waals surface area contributed by atoms with Gasteiger partial charge in [0.15, 0.2) is 0 Å². The number of fused-ring (bicyclic) bond motifs is 1. The van der Waals surface area contributed by atoms with Crippen LogP contribution in [0.15, 0.2) is 59.6 Å². The summed E-state index contributed by atoms with van der Waals surface area (Å²) in [5, 5.41) is 10.8. The molecule has 5 nitrogen and oxygen atoms in total. The van der Waals surface area contributed by atoms with Crippen LogP contribution in [0.2, 0.25) is 0 Å². The number of aliphatic imine (C=N–C) groups is 1. The molecule has 4 atom stereocenters. The Kier molecular flexibility index (Phi) is 2.84. The molecule has 0 amide bonds. The van der Waals surface area contributed by atoms with Crippen molar-refractivity contribution in [1.29, 1.82) is 0 Å². The van der Waals surface area contributed by atoms with Gasteiger partial charge in [-0.15, -0.1) is 0 Å². The Morgan fingerprint density at radius 3 is 2.36 bits per heavy atom. The Labute approximate surface area is 128 Å². The van der Waals surface area contributed by atoms with E-state index >= 15 is 0 Å². The van der Waals surface area contributed by atoms with Crippen molar-refractivity contribution in [2.75, 3.05) is 0 Å². The maximum absolute atomic E-state index is 10.8. The van der Waals surface area contributed by atoms with Gasteiger partial charge in [-0.05, 0) is 18.1 Å². The minimum Gasteiger partial charge on any atom is -0.269 e. The fraction of sp³-hybridized carbons (Fsp3) is 0.235. The second-order valence-electron chi connectivity index (χ2n) is 5.70. The largest absolute Gasteiger partial charge is 0.269 e. The molecule has 0 spiro atoms. The van der Waals surface area contributed by atoms with Crippen molar-refractivity contribution >= 4 is 11.4 Å². The normalized spacial score (nSPS) is 28.9. The van der Waals surface area contributed by atoms with Crippen molar-refractivity contribution < 1.29 is 4.92 Å². The molecule has 1 fully saturated rings. The van der Waals surface area contributed by atoms with Crippen LogP contribution in [0.4, 0.5) is 5.69 Å². The average molecular weight is 293 g/mol. The van der Waals surface area contributed by atoms with Crippen LogP contribution >= 0.6 is 0 Å². The summed E-state index contributed by atoms with van der Waals surface area (Å²) in [5.41, 5.74) is 3.53. The van der Waals surface area contributed by atoms with Crippen molar-refractivity contribution in [3.8, 4) is 0 Å². The second-order valence-corrected chi connectivity index (χ2v) is 5.70. The van der Waals surface area contributed by atoms with E-state index in [0.717, 1.165) is 16.8 Å². The lowest BCUT2D eigenvalue weighted by Gasteiger charge is -2.09. The third kappa shape index (κ3) is 1.94. The molecule has 0 bridgehead atoms. The summed E-state index contributed by atoms with van der Waals surface area (Å²) in [6.45, 7) is 2.09. The maximum atomic E-state index is 10.8. The molecule has 2 aliphatic rings. The van der Waals surface area contributed by atoms with Gasteiger partial charge in [0, 0.05) is 12.1 Å². The number of nitro groups is 1. The van der Waals surface area contributed by atoms with Gasteiger partial charge in [0.2, 0.25) is 0 Å². The van der Waals surface area contributed by atoms with Crippen LogP contribution in [0.25, 0.3) is 0 Å². The summed E-state index contributed by atoms with van der Waals surface area (Å²) < 4.78 is 0. The fourth-order valence-corrected chi connectivity index (χ4v) is 3.35. The third-order valence-electron chi connectivity index (χ3n) is 4.40. The Balaban J connectivity index is 1.62. The monoisotopic (exact) mass is 293 g/mol. The van der Waals surface area contributed by atoms with Crippen LogP contribution in [-0.2, 0) is 0 Å². The first-order valence-electron chi connectivity index (χ1n) is 7.32. The molecular formula is C17H15N3O2. The Morgan fingerprint density at radius 2 is 1.73 bits per heavy atom. The van der Waals surface area contributed by atoms with Crippen LogP contribution in [0.1, 0.15) is 24.1 Å². The van der Waals surface area contributed by atoms with Gasteiger partial charge in [-0.3, -0.25) is 20.0 Å². The predicted molar refractivity (Wildman–Crippen MR) is 83.9 cm³/mol. The van der Waals surface area contributed by atoms with E-state index in [1.54, 1.807) is 12.1 Å². The Hall–Kier alpha value is -2.53. The van der Waals surface area contributed by atoms with Gasteiger partial charge in [-0.25, -0.2) is 0 Å². The summed E-state index contributed by atoms with van der Waals surface area (Å²) in [5.74, 6) is 0. The zero-order valence-electron chi connectivity index (χ0n) is 12.1. The molecule has 0 N–H and O–H groups in total. The summed E-state index contributed by atoms with van der Waals surface area (Å²) in [6, 6.07) is 17.7. The Bertz CT molecular complexity index is 755. The first-order chi connectivity index (χ1) is 10.7. The lowest BCUT2D eigenvalue weighted by atomic mass is 10.0. The number of hydrogen-bond acceptors (Lipinski definition) is 4. The van der Waals surface area contributed by atoms with E-state index in [2.05, 4.69) is 24.0 Å². The SMILES string of the molecule is CC1N=C(c2ccccc2)C2C(c3ccc([N+](=O)[O-])cc3)N12. The van der Waals surface area contributed by atoms with Crippen LogP contribution < -0.4 is 0 Å². The summed E-state index contributed by atoms with van der Waals surface area (Å²) in [4.78, 5) is 17.5. The number of benzene rings is 2. The number of nitrogens with zero attached hydrogens (tertiary/aromatic N) is 3. The van der Waals surface area contributed by atoms with E-state index in [1.807, 2.05) is 30.3 Å². The lowest BCUT2D eigenvalue weighted by molar-refractivity contribution is -0.384. The van der Waals surface area contributed by atoms with Gasteiger partial charge < -0.3 is 0 Å².